The summed E-state index contributed by atoms with van der Waals surface area (Å²) in [6.07, 6.45) is 3.05. The van der Waals surface area contributed by atoms with Gasteiger partial charge in [-0.3, -0.25) is 9.78 Å². The Morgan fingerprint density at radius 3 is 2.62 bits per heavy atom. The molecule has 0 fully saturated rings. The molecule has 0 atom stereocenters. The van der Waals surface area contributed by atoms with E-state index in [4.69, 9.17) is 11.6 Å². The van der Waals surface area contributed by atoms with Crippen molar-refractivity contribution >= 4 is 17.4 Å². The zero-order chi connectivity index (χ0) is 11.4. The summed E-state index contributed by atoms with van der Waals surface area (Å²) in [5, 5.41) is 0. The third-order valence-corrected chi connectivity index (χ3v) is 2.35. The lowest BCUT2D eigenvalue weighted by Gasteiger charge is -2.01. The summed E-state index contributed by atoms with van der Waals surface area (Å²) < 4.78 is 0. The van der Waals surface area contributed by atoms with Gasteiger partial charge in [-0.2, -0.15) is 0 Å². The minimum Gasteiger partial charge on any atom is -0.291 e. The molecule has 0 saturated carbocycles. The van der Waals surface area contributed by atoms with E-state index in [9.17, 15) is 4.79 Å². The Kier molecular flexibility index (Phi) is 3.27. The first-order valence-electron chi connectivity index (χ1n) is 4.78. The molecule has 0 aliphatic rings. The number of halogens is 1. The first-order valence-corrected chi connectivity index (χ1v) is 5.31. The second kappa shape index (κ2) is 4.86. The van der Waals surface area contributed by atoms with Gasteiger partial charge in [-0.1, -0.05) is 30.3 Å². The van der Waals surface area contributed by atoms with E-state index in [0.29, 0.717) is 11.4 Å². The van der Waals surface area contributed by atoms with Crippen LogP contribution in [0.5, 0.6) is 0 Å². The summed E-state index contributed by atoms with van der Waals surface area (Å²) in [4.78, 5) is 19.6. The molecular weight excluding hydrogens is 224 g/mol. The fourth-order valence-corrected chi connectivity index (χ4v) is 1.45. The number of hydrogen-bond donors (Lipinski definition) is 0. The number of carbonyl (C=O) groups is 1. The quantitative estimate of drug-likeness (QED) is 0.603. The van der Waals surface area contributed by atoms with Gasteiger partial charge in [-0.15, -0.1) is 11.6 Å². The van der Waals surface area contributed by atoms with Crippen LogP contribution in [0.1, 0.15) is 10.5 Å². The number of aromatic nitrogens is 2. The van der Waals surface area contributed by atoms with Gasteiger partial charge in [0.15, 0.2) is 5.78 Å². The Labute approximate surface area is 98.1 Å². The molecule has 2 aromatic rings. The summed E-state index contributed by atoms with van der Waals surface area (Å²) in [5.41, 5.74) is 1.91. The largest absolute Gasteiger partial charge is 0.291 e. The van der Waals surface area contributed by atoms with Crippen LogP contribution in [0.15, 0.2) is 42.7 Å². The van der Waals surface area contributed by atoms with Crippen molar-refractivity contribution < 1.29 is 4.79 Å². The lowest BCUT2D eigenvalue weighted by Crippen LogP contribution is -2.04. The fourth-order valence-electron chi connectivity index (χ4n) is 1.32. The molecule has 0 aliphatic heterocycles. The van der Waals surface area contributed by atoms with Gasteiger partial charge in [0.1, 0.15) is 5.69 Å². The van der Waals surface area contributed by atoms with Crippen LogP contribution in [0.4, 0.5) is 0 Å². The summed E-state index contributed by atoms with van der Waals surface area (Å²) in [5.74, 6) is -0.292. The highest BCUT2D eigenvalue weighted by molar-refractivity contribution is 6.30. The van der Waals surface area contributed by atoms with Gasteiger partial charge < -0.3 is 0 Å². The highest BCUT2D eigenvalue weighted by Crippen LogP contribution is 2.15. The van der Waals surface area contributed by atoms with E-state index in [1.54, 1.807) is 6.20 Å². The molecule has 1 aromatic carbocycles. The van der Waals surface area contributed by atoms with Crippen molar-refractivity contribution in [2.75, 3.05) is 5.88 Å². The molecule has 0 saturated heterocycles. The molecule has 3 nitrogen and oxygen atoms in total. The molecule has 80 valence electrons. The van der Waals surface area contributed by atoms with Gasteiger partial charge in [0, 0.05) is 5.56 Å². The van der Waals surface area contributed by atoms with Crippen molar-refractivity contribution in [3.8, 4) is 11.3 Å². The monoisotopic (exact) mass is 232 g/mol. The van der Waals surface area contributed by atoms with Gasteiger partial charge in [-0.25, -0.2) is 4.98 Å². The summed E-state index contributed by atoms with van der Waals surface area (Å²) in [7, 11) is 0. The van der Waals surface area contributed by atoms with Crippen molar-refractivity contribution in [3.63, 3.8) is 0 Å². The van der Waals surface area contributed by atoms with Crippen LogP contribution >= 0.6 is 11.6 Å². The van der Waals surface area contributed by atoms with Crippen LogP contribution in [0, 0.1) is 0 Å². The zero-order valence-corrected chi connectivity index (χ0v) is 9.19. The molecule has 16 heavy (non-hydrogen) atoms. The van der Waals surface area contributed by atoms with E-state index in [1.807, 2.05) is 30.3 Å². The lowest BCUT2D eigenvalue weighted by atomic mass is 10.1. The van der Waals surface area contributed by atoms with E-state index in [0.717, 1.165) is 5.56 Å². The van der Waals surface area contributed by atoms with Crippen LogP contribution in [0.2, 0.25) is 0 Å². The first kappa shape index (κ1) is 10.8. The topological polar surface area (TPSA) is 42.9 Å². The molecular formula is C12H9ClN2O. The van der Waals surface area contributed by atoms with Crippen LogP contribution < -0.4 is 0 Å². The molecule has 0 amide bonds. The Bertz CT molecular complexity index is 499. The van der Waals surface area contributed by atoms with Crippen molar-refractivity contribution in [1.82, 2.24) is 9.97 Å². The molecule has 0 unspecified atom stereocenters. The molecule has 0 spiro atoms. The number of hydrogen-bond acceptors (Lipinski definition) is 3. The van der Waals surface area contributed by atoms with Crippen LogP contribution in [-0.4, -0.2) is 21.6 Å². The smallest absolute Gasteiger partial charge is 0.197 e. The Morgan fingerprint density at radius 1 is 1.19 bits per heavy atom. The van der Waals surface area contributed by atoms with E-state index in [-0.39, 0.29) is 11.7 Å². The standard InChI is InChI=1S/C12H9ClN2O/c13-6-12(16)11-8-14-7-10(15-11)9-4-2-1-3-5-9/h1-5,7-8H,6H2. The maximum Gasteiger partial charge on any atom is 0.197 e. The maximum atomic E-state index is 11.4. The first-order chi connectivity index (χ1) is 7.81. The van der Waals surface area contributed by atoms with Gasteiger partial charge in [0.05, 0.1) is 24.0 Å². The van der Waals surface area contributed by atoms with Crippen LogP contribution in [0.25, 0.3) is 11.3 Å². The van der Waals surface area contributed by atoms with Crippen molar-refractivity contribution in [1.29, 1.82) is 0 Å². The number of Topliss-reactive ketones (excluding diaryl/α,β-unsaturated/α-hetero) is 1. The van der Waals surface area contributed by atoms with Gasteiger partial charge in [-0.05, 0) is 0 Å². The van der Waals surface area contributed by atoms with Crippen LogP contribution in [0.3, 0.4) is 0 Å². The molecule has 0 N–H and O–H groups in total. The lowest BCUT2D eigenvalue weighted by molar-refractivity contribution is 0.101. The van der Waals surface area contributed by atoms with E-state index < -0.39 is 0 Å². The van der Waals surface area contributed by atoms with Crippen LogP contribution in [-0.2, 0) is 0 Å². The van der Waals surface area contributed by atoms with Gasteiger partial charge in [0.2, 0.25) is 0 Å². The Balaban J connectivity index is 2.40. The molecule has 4 heteroatoms. The molecule has 0 aliphatic carbocycles. The number of benzene rings is 1. The van der Waals surface area contributed by atoms with Crippen molar-refractivity contribution in [3.05, 3.63) is 48.4 Å². The minimum absolute atomic E-state index is 0.0765. The molecule has 0 radical (unpaired) electrons. The highest BCUT2D eigenvalue weighted by atomic mass is 35.5. The third-order valence-electron chi connectivity index (χ3n) is 2.11. The van der Waals surface area contributed by atoms with Gasteiger partial charge >= 0.3 is 0 Å². The van der Waals surface area contributed by atoms with E-state index >= 15 is 0 Å². The molecule has 1 heterocycles. The molecule has 2 rings (SSSR count). The van der Waals surface area contributed by atoms with Crippen molar-refractivity contribution in [2.24, 2.45) is 0 Å². The molecule has 0 bridgehead atoms. The number of nitrogens with zero attached hydrogens (tertiary/aromatic N) is 2. The van der Waals surface area contributed by atoms with Crippen molar-refractivity contribution in [2.45, 2.75) is 0 Å². The van der Waals surface area contributed by atoms with E-state index in [1.165, 1.54) is 6.20 Å². The summed E-state index contributed by atoms with van der Waals surface area (Å²) >= 11 is 5.47. The number of carbonyl (C=O) groups excluding carboxylic acids is 1. The predicted octanol–water partition coefficient (Wildman–Crippen LogP) is 2.57. The average Bonchev–Trinajstić information content (AvgIpc) is 2.39. The second-order valence-corrected chi connectivity index (χ2v) is 3.48. The SMILES string of the molecule is O=C(CCl)c1cncc(-c2ccccc2)n1. The maximum absolute atomic E-state index is 11.4. The summed E-state index contributed by atoms with van der Waals surface area (Å²) in [6, 6.07) is 9.57. The Hall–Kier alpha value is -1.74. The number of ketones is 1. The van der Waals surface area contributed by atoms with E-state index in [2.05, 4.69) is 9.97 Å². The number of rotatable bonds is 3. The minimum atomic E-state index is -0.216. The summed E-state index contributed by atoms with van der Waals surface area (Å²) in [6.45, 7) is 0. The predicted molar refractivity (Wildman–Crippen MR) is 62.5 cm³/mol. The average molecular weight is 233 g/mol. The third kappa shape index (κ3) is 2.25. The highest BCUT2D eigenvalue weighted by Gasteiger charge is 2.07. The number of alkyl halides is 1. The Morgan fingerprint density at radius 2 is 1.94 bits per heavy atom. The zero-order valence-electron chi connectivity index (χ0n) is 8.43. The normalized spacial score (nSPS) is 10.1. The fraction of sp³-hybridized carbons (Fsp3) is 0.0833. The molecule has 1 aromatic heterocycles. The van der Waals surface area contributed by atoms with Gasteiger partial charge in [0.25, 0.3) is 0 Å². The second-order valence-electron chi connectivity index (χ2n) is 3.21.